The Balaban J connectivity index is 2.97. The molecule has 0 amide bonds. The maximum Gasteiger partial charge on any atom is 0.158 e. The normalized spacial score (nSPS) is 22.5. The Hall–Kier alpha value is 0.290. The highest BCUT2D eigenvalue weighted by molar-refractivity contribution is 8.47. The fourth-order valence-electron chi connectivity index (χ4n) is 0.700. The Kier molecular flexibility index (Phi) is 3.89. The first-order chi connectivity index (χ1) is 5.70. The lowest BCUT2D eigenvalue weighted by Crippen LogP contribution is -2.16. The van der Waals surface area contributed by atoms with Gasteiger partial charge in [-0.1, -0.05) is 30.1 Å². The van der Waals surface area contributed by atoms with Crippen LogP contribution in [0.2, 0.25) is 0 Å². The first-order valence-electron chi connectivity index (χ1n) is 3.17. The second-order valence-electron chi connectivity index (χ2n) is 1.92. The predicted molar refractivity (Wildman–Crippen MR) is 56.2 cm³/mol. The van der Waals surface area contributed by atoms with Crippen molar-refractivity contribution >= 4 is 53.0 Å². The third-order valence-corrected chi connectivity index (χ3v) is 5.02. The molecule has 0 radical (unpaired) electrons. The predicted octanol–water partition coefficient (Wildman–Crippen LogP) is 1.67. The summed E-state index contributed by atoms with van der Waals surface area (Å²) in [5.74, 6) is 0. The van der Waals surface area contributed by atoms with Gasteiger partial charge in [0.1, 0.15) is 20.3 Å². The molecule has 0 fully saturated rings. The molecule has 0 aromatic carbocycles. The molecule has 0 aromatic rings. The van der Waals surface area contributed by atoms with Crippen molar-refractivity contribution in [3.8, 4) is 0 Å². The minimum Gasteiger partial charge on any atom is -0.205 e. The maximum atomic E-state index is 10.7. The topological polar surface area (TPSA) is 41.8 Å². The molecule has 0 aliphatic carbocycles. The fourth-order valence-corrected chi connectivity index (χ4v) is 3.97. The zero-order valence-electron chi connectivity index (χ0n) is 6.16. The summed E-state index contributed by atoms with van der Waals surface area (Å²) in [6.45, 7) is 1.92. The summed E-state index contributed by atoms with van der Waals surface area (Å²) in [5.41, 5.74) is 0. The molecule has 1 aliphatic rings. The minimum atomic E-state index is -0.720. The van der Waals surface area contributed by atoms with Crippen LogP contribution in [0.1, 0.15) is 13.3 Å². The molecule has 0 saturated heterocycles. The van der Waals surface area contributed by atoms with Gasteiger partial charge >= 0.3 is 0 Å². The summed E-state index contributed by atoms with van der Waals surface area (Å²) >= 11 is 11.2. The van der Waals surface area contributed by atoms with E-state index in [1.54, 1.807) is 0 Å². The molecule has 12 heavy (non-hydrogen) atoms. The van der Waals surface area contributed by atoms with Crippen molar-refractivity contribution in [2.75, 3.05) is 0 Å². The lowest BCUT2D eigenvalue weighted by molar-refractivity contribution is 0.701. The van der Waals surface area contributed by atoms with E-state index in [-0.39, 0.29) is 0 Å². The van der Waals surface area contributed by atoms with Gasteiger partial charge in [0.05, 0.1) is 0 Å². The van der Waals surface area contributed by atoms with Gasteiger partial charge in [0.15, 0.2) is 4.84 Å². The average molecular weight is 245 g/mol. The van der Waals surface area contributed by atoms with Crippen molar-refractivity contribution in [1.29, 1.82) is 0 Å². The van der Waals surface area contributed by atoms with Crippen molar-refractivity contribution < 1.29 is 4.21 Å². The zero-order chi connectivity index (χ0) is 9.14. The van der Waals surface area contributed by atoms with Crippen LogP contribution in [0, 0.1) is 0 Å². The number of alkyl halides is 2. The van der Waals surface area contributed by atoms with E-state index >= 15 is 0 Å². The fraction of sp³-hybridized carbons (Fsp3) is 0.600. The monoisotopic (exact) mass is 244 g/mol. The maximum absolute atomic E-state index is 10.7. The van der Waals surface area contributed by atoms with E-state index in [1.165, 1.54) is 0 Å². The van der Waals surface area contributed by atoms with Crippen LogP contribution in [0.3, 0.4) is 0 Å². The van der Waals surface area contributed by atoms with E-state index in [0.29, 0.717) is 21.7 Å². The van der Waals surface area contributed by atoms with Crippen LogP contribution in [0.15, 0.2) is 10.2 Å². The van der Waals surface area contributed by atoms with Crippen molar-refractivity contribution in [2.24, 2.45) is 10.2 Å². The van der Waals surface area contributed by atoms with Crippen molar-refractivity contribution in [3.05, 3.63) is 0 Å². The van der Waals surface area contributed by atoms with Crippen LogP contribution < -0.4 is 0 Å². The number of rotatable bonds is 2. The van der Waals surface area contributed by atoms with Gasteiger partial charge in [-0.25, -0.2) is 4.21 Å². The Morgan fingerprint density at radius 2 is 2.25 bits per heavy atom. The van der Waals surface area contributed by atoms with Crippen LogP contribution in [-0.2, 0) is 19.7 Å². The molecular weight excluding hydrogens is 239 g/mol. The second kappa shape index (κ2) is 4.50. The van der Waals surface area contributed by atoms with Crippen LogP contribution in [0.4, 0.5) is 0 Å². The second-order valence-corrected chi connectivity index (χ2v) is 5.99. The molecule has 1 heterocycles. The summed E-state index contributed by atoms with van der Waals surface area (Å²) in [4.78, 5) is -0.720. The van der Waals surface area contributed by atoms with E-state index in [1.807, 2.05) is 6.92 Å². The smallest absolute Gasteiger partial charge is 0.158 e. The Morgan fingerprint density at radius 3 is 2.67 bits per heavy atom. The summed E-state index contributed by atoms with van der Waals surface area (Å²) in [6, 6.07) is 0. The Morgan fingerprint density at radius 1 is 1.58 bits per heavy atom. The van der Waals surface area contributed by atoms with Crippen LogP contribution in [-0.4, -0.2) is 19.1 Å². The van der Waals surface area contributed by atoms with Crippen LogP contribution in [0.25, 0.3) is 0 Å². The number of nitrogens with zero attached hydrogens (tertiary/aromatic N) is 2. The largest absolute Gasteiger partial charge is 0.205 e. The first kappa shape index (κ1) is 10.4. The standard InChI is InChI=1S/C5H6Cl2N2OS2/c1-2-3-8-9-5(4(6)7)12(3)11-10/h4H,2H2,1H3. The van der Waals surface area contributed by atoms with Crippen LogP contribution >= 0.6 is 23.2 Å². The van der Waals surface area contributed by atoms with Gasteiger partial charge in [-0.15, -0.1) is 10.2 Å². The van der Waals surface area contributed by atoms with E-state index in [4.69, 9.17) is 23.2 Å². The quantitative estimate of drug-likeness (QED) is 0.682. The van der Waals surface area contributed by atoms with Crippen LogP contribution in [0.5, 0.6) is 0 Å². The summed E-state index contributed by atoms with van der Waals surface area (Å²) in [5, 5.41) is 8.86. The molecular formula is C5H6Cl2N2OS2. The average Bonchev–Trinajstić information content (AvgIpc) is 2.46. The molecule has 1 unspecified atom stereocenters. The molecule has 0 bridgehead atoms. The molecule has 0 saturated carbocycles. The number of hydrogen-bond acceptors (Lipinski definition) is 3. The van der Waals surface area contributed by atoms with Crippen molar-refractivity contribution in [2.45, 2.75) is 18.2 Å². The molecule has 0 aromatic heterocycles. The molecule has 1 aliphatic heterocycles. The Bertz CT molecular complexity index is 307. The lowest BCUT2D eigenvalue weighted by Gasteiger charge is -2.00. The summed E-state index contributed by atoms with van der Waals surface area (Å²) in [6.07, 6.45) is 0.714. The molecule has 0 spiro atoms. The Labute approximate surface area is 85.5 Å². The van der Waals surface area contributed by atoms with E-state index in [9.17, 15) is 4.21 Å². The number of hydrogen-bond donors (Lipinski definition) is 0. The third kappa shape index (κ3) is 1.96. The molecule has 1 rings (SSSR count). The third-order valence-electron chi connectivity index (χ3n) is 1.22. The molecule has 7 heteroatoms. The lowest BCUT2D eigenvalue weighted by atomic mass is 10.5. The van der Waals surface area contributed by atoms with E-state index in [0.717, 1.165) is 5.04 Å². The van der Waals surface area contributed by atoms with Gasteiger partial charge in [0.25, 0.3) is 0 Å². The first-order valence-corrected chi connectivity index (χ1v) is 6.53. The highest BCUT2D eigenvalue weighted by Crippen LogP contribution is 2.16. The van der Waals surface area contributed by atoms with Gasteiger partial charge < -0.3 is 0 Å². The SMILES string of the molecule is CCC1=NN=C(C(Cl)Cl)S1=S=O. The highest BCUT2D eigenvalue weighted by atomic mass is 35.5. The van der Waals surface area contributed by atoms with Crippen molar-refractivity contribution in [3.63, 3.8) is 0 Å². The van der Waals surface area contributed by atoms with Gasteiger partial charge in [-0.05, 0) is 6.42 Å². The molecule has 0 N–H and O–H groups in total. The van der Waals surface area contributed by atoms with E-state index in [2.05, 4.69) is 10.2 Å². The van der Waals surface area contributed by atoms with Crippen molar-refractivity contribution in [1.82, 2.24) is 0 Å². The van der Waals surface area contributed by atoms with E-state index < -0.39 is 14.3 Å². The van der Waals surface area contributed by atoms with Gasteiger partial charge in [-0.2, -0.15) is 0 Å². The summed E-state index contributed by atoms with van der Waals surface area (Å²) < 4.78 is 10.7. The number of halogens is 2. The zero-order valence-corrected chi connectivity index (χ0v) is 9.30. The minimum absolute atomic E-state index is 0.449. The summed E-state index contributed by atoms with van der Waals surface area (Å²) in [7, 11) is -0.194. The highest BCUT2D eigenvalue weighted by Gasteiger charge is 2.23. The molecule has 3 nitrogen and oxygen atoms in total. The van der Waals surface area contributed by atoms with Gasteiger partial charge in [0, 0.05) is 9.45 Å². The van der Waals surface area contributed by atoms with Gasteiger partial charge in [-0.3, -0.25) is 0 Å². The van der Waals surface area contributed by atoms with Gasteiger partial charge in [0.2, 0.25) is 0 Å². The molecule has 68 valence electrons. The molecule has 1 atom stereocenters.